The molecular formula is C22H24N6O2S. The number of hydrogen-bond donors (Lipinski definition) is 1. The Labute approximate surface area is 184 Å². The largest absolute Gasteiger partial charge is 0.454 e. The van der Waals surface area contributed by atoms with E-state index in [0.717, 1.165) is 50.8 Å². The summed E-state index contributed by atoms with van der Waals surface area (Å²) in [4.78, 5) is 5.77. The topological polar surface area (TPSA) is 79.0 Å². The van der Waals surface area contributed by atoms with Crippen LogP contribution in [0.5, 0.6) is 11.5 Å². The zero-order chi connectivity index (χ0) is 21.5. The lowest BCUT2D eigenvalue weighted by Gasteiger charge is -2.04. The highest BCUT2D eigenvalue weighted by molar-refractivity contribution is 7.19. The Kier molecular flexibility index (Phi) is 4.90. The molecule has 0 saturated carbocycles. The van der Waals surface area contributed by atoms with E-state index in [-0.39, 0.29) is 6.79 Å². The monoisotopic (exact) mass is 436 g/mol. The summed E-state index contributed by atoms with van der Waals surface area (Å²) >= 11 is 1.61. The summed E-state index contributed by atoms with van der Waals surface area (Å²) in [5.74, 6) is 1.51. The highest BCUT2D eigenvalue weighted by atomic mass is 32.1. The number of fused-ring (bicyclic) bond motifs is 1. The molecule has 0 spiro atoms. The van der Waals surface area contributed by atoms with Crippen molar-refractivity contribution in [3.05, 3.63) is 53.1 Å². The molecule has 0 bridgehead atoms. The Balaban J connectivity index is 1.35. The molecule has 5 rings (SSSR count). The van der Waals surface area contributed by atoms with E-state index in [1.54, 1.807) is 11.3 Å². The molecule has 8 nitrogen and oxygen atoms in total. The van der Waals surface area contributed by atoms with Gasteiger partial charge in [0.1, 0.15) is 5.69 Å². The SMILES string of the molecule is CCn1nc(C)c(CNc2nc(C)c(-c3ccn(-c4ccc5c(c4)OCO5)n3)s2)c1C. The molecular weight excluding hydrogens is 412 g/mol. The Morgan fingerprint density at radius 3 is 2.71 bits per heavy atom. The average Bonchev–Trinajstić information content (AvgIpc) is 3.53. The highest BCUT2D eigenvalue weighted by Gasteiger charge is 2.17. The molecule has 160 valence electrons. The quantitative estimate of drug-likeness (QED) is 0.480. The van der Waals surface area contributed by atoms with Crippen LogP contribution in [-0.2, 0) is 13.1 Å². The van der Waals surface area contributed by atoms with Gasteiger partial charge in [-0.3, -0.25) is 4.68 Å². The zero-order valence-corrected chi connectivity index (χ0v) is 18.8. The molecule has 1 aliphatic heterocycles. The number of thiazole rings is 1. The van der Waals surface area contributed by atoms with Crippen LogP contribution < -0.4 is 14.8 Å². The van der Waals surface area contributed by atoms with Crippen LogP contribution in [0.25, 0.3) is 16.3 Å². The molecule has 0 atom stereocenters. The number of benzene rings is 1. The number of nitrogens with one attached hydrogen (secondary N) is 1. The van der Waals surface area contributed by atoms with Gasteiger partial charge in [0.2, 0.25) is 6.79 Å². The number of anilines is 1. The van der Waals surface area contributed by atoms with Crippen LogP contribution in [-0.4, -0.2) is 31.3 Å². The molecule has 31 heavy (non-hydrogen) atoms. The summed E-state index contributed by atoms with van der Waals surface area (Å²) in [6.45, 7) is 10.1. The van der Waals surface area contributed by atoms with E-state index >= 15 is 0 Å². The van der Waals surface area contributed by atoms with E-state index in [4.69, 9.17) is 19.6 Å². The molecule has 4 aromatic rings. The first-order valence-electron chi connectivity index (χ1n) is 10.2. The van der Waals surface area contributed by atoms with Gasteiger partial charge < -0.3 is 14.8 Å². The van der Waals surface area contributed by atoms with Crippen LogP contribution in [0.2, 0.25) is 0 Å². The summed E-state index contributed by atoms with van der Waals surface area (Å²) in [6.07, 6.45) is 1.95. The summed E-state index contributed by atoms with van der Waals surface area (Å²) in [7, 11) is 0. The van der Waals surface area contributed by atoms with Gasteiger partial charge in [0.25, 0.3) is 0 Å². The molecule has 0 amide bonds. The van der Waals surface area contributed by atoms with E-state index in [1.165, 1.54) is 11.3 Å². The molecule has 0 unspecified atom stereocenters. The van der Waals surface area contributed by atoms with Crippen molar-refractivity contribution in [1.82, 2.24) is 24.5 Å². The van der Waals surface area contributed by atoms with Gasteiger partial charge in [-0.05, 0) is 45.9 Å². The second-order valence-corrected chi connectivity index (χ2v) is 8.43. The third kappa shape index (κ3) is 3.54. The molecule has 1 N–H and O–H groups in total. The van der Waals surface area contributed by atoms with Gasteiger partial charge in [-0.1, -0.05) is 11.3 Å². The van der Waals surface area contributed by atoms with Gasteiger partial charge in [0.15, 0.2) is 16.6 Å². The normalized spacial score (nSPS) is 12.5. The Morgan fingerprint density at radius 2 is 1.90 bits per heavy atom. The van der Waals surface area contributed by atoms with Crippen LogP contribution in [0.3, 0.4) is 0 Å². The van der Waals surface area contributed by atoms with Crippen molar-refractivity contribution in [1.29, 1.82) is 0 Å². The first-order valence-corrected chi connectivity index (χ1v) is 11.1. The maximum absolute atomic E-state index is 5.48. The van der Waals surface area contributed by atoms with Gasteiger partial charge in [0, 0.05) is 36.6 Å². The van der Waals surface area contributed by atoms with Crippen molar-refractivity contribution in [3.63, 3.8) is 0 Å². The molecule has 1 aliphatic rings. The smallest absolute Gasteiger partial charge is 0.231 e. The predicted molar refractivity (Wildman–Crippen MR) is 120 cm³/mol. The molecule has 0 radical (unpaired) electrons. The lowest BCUT2D eigenvalue weighted by atomic mass is 10.2. The first-order chi connectivity index (χ1) is 15.0. The second kappa shape index (κ2) is 7.73. The highest BCUT2D eigenvalue weighted by Crippen LogP contribution is 2.35. The summed E-state index contributed by atoms with van der Waals surface area (Å²) in [5, 5.41) is 13.7. The number of rotatable bonds is 6. The van der Waals surface area contributed by atoms with E-state index < -0.39 is 0 Å². The van der Waals surface area contributed by atoms with Crippen molar-refractivity contribution in [2.45, 2.75) is 40.8 Å². The maximum atomic E-state index is 5.48. The van der Waals surface area contributed by atoms with Crippen LogP contribution in [0.4, 0.5) is 5.13 Å². The van der Waals surface area contributed by atoms with Crippen molar-refractivity contribution in [2.24, 2.45) is 0 Å². The number of ether oxygens (including phenoxy) is 2. The van der Waals surface area contributed by atoms with Crippen molar-refractivity contribution >= 4 is 16.5 Å². The van der Waals surface area contributed by atoms with E-state index in [2.05, 4.69) is 31.2 Å². The lowest BCUT2D eigenvalue weighted by molar-refractivity contribution is 0.174. The Hall–Kier alpha value is -3.33. The summed E-state index contributed by atoms with van der Waals surface area (Å²) in [6, 6.07) is 7.82. The maximum Gasteiger partial charge on any atom is 0.231 e. The van der Waals surface area contributed by atoms with Crippen LogP contribution >= 0.6 is 11.3 Å². The van der Waals surface area contributed by atoms with E-state index in [1.807, 2.05) is 46.7 Å². The number of nitrogens with zero attached hydrogens (tertiary/aromatic N) is 5. The van der Waals surface area contributed by atoms with Crippen LogP contribution in [0.1, 0.15) is 29.6 Å². The van der Waals surface area contributed by atoms with Crippen molar-refractivity contribution in [2.75, 3.05) is 12.1 Å². The van der Waals surface area contributed by atoms with Crippen molar-refractivity contribution in [3.8, 4) is 27.8 Å². The second-order valence-electron chi connectivity index (χ2n) is 7.44. The minimum absolute atomic E-state index is 0.261. The molecule has 0 saturated heterocycles. The fraction of sp³-hybridized carbons (Fsp3) is 0.318. The lowest BCUT2D eigenvalue weighted by Crippen LogP contribution is -2.03. The minimum Gasteiger partial charge on any atom is -0.454 e. The van der Waals surface area contributed by atoms with E-state index in [9.17, 15) is 0 Å². The molecule has 3 aromatic heterocycles. The van der Waals surface area contributed by atoms with Gasteiger partial charge >= 0.3 is 0 Å². The van der Waals surface area contributed by atoms with E-state index in [0.29, 0.717) is 6.54 Å². The molecule has 4 heterocycles. The minimum atomic E-state index is 0.261. The molecule has 0 aliphatic carbocycles. The fourth-order valence-corrected chi connectivity index (χ4v) is 4.72. The summed E-state index contributed by atoms with van der Waals surface area (Å²) < 4.78 is 14.7. The Morgan fingerprint density at radius 1 is 1.06 bits per heavy atom. The molecule has 9 heteroatoms. The average molecular weight is 437 g/mol. The van der Waals surface area contributed by atoms with Gasteiger partial charge in [0.05, 0.1) is 22.0 Å². The fourth-order valence-electron chi connectivity index (χ4n) is 3.79. The third-order valence-corrected chi connectivity index (χ3v) is 6.62. The standard InChI is InChI=1S/C22H24N6O2S/c1-5-27-15(4)17(13(2)25-27)11-23-22-24-14(3)21(31-22)18-8-9-28(26-18)16-6-7-19-20(10-16)30-12-29-19/h6-10H,5,11-12H2,1-4H3,(H,23,24). The van der Waals surface area contributed by atoms with Gasteiger partial charge in [-0.15, -0.1) is 0 Å². The molecule has 0 fully saturated rings. The number of aromatic nitrogens is 5. The first kappa shape index (κ1) is 19.6. The van der Waals surface area contributed by atoms with Gasteiger partial charge in [-0.2, -0.15) is 10.2 Å². The number of aryl methyl sites for hydroxylation is 3. The number of hydrogen-bond acceptors (Lipinski definition) is 7. The third-order valence-electron chi connectivity index (χ3n) is 5.49. The summed E-state index contributed by atoms with van der Waals surface area (Å²) in [5.41, 5.74) is 6.26. The zero-order valence-electron chi connectivity index (χ0n) is 18.0. The van der Waals surface area contributed by atoms with Crippen molar-refractivity contribution < 1.29 is 9.47 Å². The predicted octanol–water partition coefficient (Wildman–Crippen LogP) is 4.48. The molecule has 1 aromatic carbocycles. The van der Waals surface area contributed by atoms with Crippen LogP contribution in [0, 0.1) is 20.8 Å². The van der Waals surface area contributed by atoms with Gasteiger partial charge in [-0.25, -0.2) is 9.67 Å². The van der Waals surface area contributed by atoms with Crippen LogP contribution in [0.15, 0.2) is 30.5 Å². The Bertz CT molecular complexity index is 1260.